The number of nitrogens with two attached hydrogens (primary N) is 1. The molecule has 238 valence electrons. The molecule has 4 aliphatic heterocycles. The summed E-state index contributed by atoms with van der Waals surface area (Å²) in [6.07, 6.45) is 13.4. The zero-order valence-corrected chi connectivity index (χ0v) is 26.6. The number of likely N-dealkylation sites (tertiary alicyclic amines) is 1. The van der Waals surface area contributed by atoms with Gasteiger partial charge in [-0.1, -0.05) is 6.07 Å². The minimum absolute atomic E-state index is 0.0180. The zero-order chi connectivity index (χ0) is 31.5. The molecule has 0 bridgehead atoms. The highest BCUT2D eigenvalue weighted by molar-refractivity contribution is 5.75. The number of fused-ring (bicyclic) bond motifs is 1. The third-order valence-corrected chi connectivity index (χ3v) is 8.23. The van der Waals surface area contributed by atoms with E-state index >= 15 is 0 Å². The number of amides is 1. The molecular formula is C32H50N6O5. The number of Topliss-reactive ketones (excluding diaryl/α,β-unsaturated/α-hetero) is 1. The smallest absolute Gasteiger partial charge is 0.204 e. The van der Waals surface area contributed by atoms with E-state index in [4.69, 9.17) is 14.4 Å². The lowest BCUT2D eigenvalue weighted by Gasteiger charge is -2.35. The topological polar surface area (TPSA) is 115 Å². The Kier molecular flexibility index (Phi) is 13.1. The maximum Gasteiger partial charge on any atom is 0.204 e. The number of benzene rings is 1. The van der Waals surface area contributed by atoms with Crippen LogP contribution < -0.4 is 5.73 Å². The van der Waals surface area contributed by atoms with E-state index in [1.807, 2.05) is 18.2 Å². The Labute approximate surface area is 256 Å². The summed E-state index contributed by atoms with van der Waals surface area (Å²) in [5.74, 6) is 0.490. The quantitative estimate of drug-likeness (QED) is 0.433. The van der Waals surface area contributed by atoms with Crippen molar-refractivity contribution in [3.63, 3.8) is 0 Å². The first-order valence-corrected chi connectivity index (χ1v) is 15.0. The summed E-state index contributed by atoms with van der Waals surface area (Å²) in [4.78, 5) is 34.6. The number of phenolic OH excluding ortho intramolecular Hbond substituents is 1. The molecule has 1 aromatic carbocycles. The van der Waals surface area contributed by atoms with Crippen LogP contribution in [-0.4, -0.2) is 108 Å². The molecule has 1 saturated heterocycles. The second kappa shape index (κ2) is 16.5. The number of likely N-dealkylation sites (N-methyl/N-ethyl adjacent to an activating group) is 3. The van der Waals surface area contributed by atoms with Gasteiger partial charge in [-0.25, -0.2) is 0 Å². The van der Waals surface area contributed by atoms with Gasteiger partial charge in [-0.3, -0.25) is 14.5 Å². The molecule has 5 rings (SSSR count). The Morgan fingerprint density at radius 2 is 1.88 bits per heavy atom. The predicted octanol–water partition coefficient (Wildman–Crippen LogP) is 2.98. The summed E-state index contributed by atoms with van der Waals surface area (Å²) in [6, 6.07) is 5.55. The number of carbonyl (C=O) groups is 2. The predicted molar refractivity (Wildman–Crippen MR) is 167 cm³/mol. The lowest BCUT2D eigenvalue weighted by Crippen LogP contribution is -2.41. The monoisotopic (exact) mass is 598 g/mol. The molecule has 1 aromatic rings. The second-order valence-electron chi connectivity index (χ2n) is 11.6. The van der Waals surface area contributed by atoms with Gasteiger partial charge in [0, 0.05) is 71.9 Å². The molecule has 3 unspecified atom stereocenters. The molecule has 0 aromatic heterocycles. The van der Waals surface area contributed by atoms with Gasteiger partial charge in [0.1, 0.15) is 23.9 Å². The van der Waals surface area contributed by atoms with Gasteiger partial charge in [0.2, 0.25) is 6.41 Å². The van der Waals surface area contributed by atoms with Crippen molar-refractivity contribution < 1.29 is 24.3 Å². The summed E-state index contributed by atoms with van der Waals surface area (Å²) in [7, 11) is 8.16. The van der Waals surface area contributed by atoms with Crippen LogP contribution >= 0.6 is 0 Å². The molecule has 3 atom stereocenters. The highest BCUT2D eigenvalue weighted by Crippen LogP contribution is 2.29. The van der Waals surface area contributed by atoms with Crippen molar-refractivity contribution >= 4 is 12.2 Å². The molecule has 0 aliphatic carbocycles. The Morgan fingerprint density at radius 3 is 2.53 bits per heavy atom. The molecule has 1 amide bonds. The fourth-order valence-corrected chi connectivity index (χ4v) is 5.75. The van der Waals surface area contributed by atoms with E-state index in [1.165, 1.54) is 37.2 Å². The summed E-state index contributed by atoms with van der Waals surface area (Å²) in [5, 5.41) is 11.4. The number of ketones is 1. The van der Waals surface area contributed by atoms with E-state index in [2.05, 4.69) is 70.9 Å². The minimum Gasteiger partial charge on any atom is -0.508 e. The average Bonchev–Trinajstić information content (AvgIpc) is 3.59. The van der Waals surface area contributed by atoms with Gasteiger partial charge in [0.05, 0.1) is 6.61 Å². The van der Waals surface area contributed by atoms with Crippen LogP contribution in [0.5, 0.6) is 5.75 Å². The van der Waals surface area contributed by atoms with Crippen molar-refractivity contribution in [3.05, 3.63) is 65.1 Å². The van der Waals surface area contributed by atoms with Gasteiger partial charge in [-0.15, -0.1) is 0 Å². The maximum absolute atomic E-state index is 11.0. The maximum atomic E-state index is 11.0. The Morgan fingerprint density at radius 1 is 1.19 bits per heavy atom. The summed E-state index contributed by atoms with van der Waals surface area (Å²) < 4.78 is 5.53. The molecule has 43 heavy (non-hydrogen) atoms. The summed E-state index contributed by atoms with van der Waals surface area (Å²) in [5.41, 5.74) is 9.07. The van der Waals surface area contributed by atoms with Crippen molar-refractivity contribution in [1.82, 2.24) is 24.7 Å². The number of hydroxylamine groups is 2. The standard InChI is InChI=1S/C17H28N4O.C14H19NO3.CH3NO/c1-18-10-7-14(11-16(18)22-4)17-19(2)12-15(20(17)3)13-21-8-5-6-9-21;1-10(3-4-11(2)16)15-8-13-7-14(17)6-5-12(13)9-18-15;2-1-3/h7,10-12,16-17H,5-6,8-9,13H2,1-4H3;5-7,10,17H,3-4,8-9H2,1-2H3;1H,(H2,2,3). The van der Waals surface area contributed by atoms with Crippen molar-refractivity contribution in [2.45, 2.75) is 71.1 Å². The Balaban J connectivity index is 0.000000220. The Hall–Kier alpha value is -3.38. The van der Waals surface area contributed by atoms with Gasteiger partial charge < -0.3 is 35.1 Å². The SMILES string of the molecule is CC(=O)CCC(C)N1Cc2cc(O)ccc2CO1.COC1C=C(C2N(C)C=C(CN3CCCC3)N2C)C=CN1C.NC=O. The Bertz CT molecular complexity index is 1160. The van der Waals surface area contributed by atoms with E-state index < -0.39 is 0 Å². The molecule has 4 aliphatic rings. The summed E-state index contributed by atoms with van der Waals surface area (Å²) >= 11 is 0. The molecule has 3 N–H and O–H groups in total. The average molecular weight is 599 g/mol. The van der Waals surface area contributed by atoms with Crippen LogP contribution in [0.1, 0.15) is 50.7 Å². The number of aromatic hydroxyl groups is 1. The fraction of sp³-hybridized carbons (Fsp3) is 0.562. The number of phenols is 1. The first-order valence-electron chi connectivity index (χ1n) is 15.0. The van der Waals surface area contributed by atoms with Crippen LogP contribution in [0, 0.1) is 0 Å². The van der Waals surface area contributed by atoms with Gasteiger partial charge >= 0.3 is 0 Å². The highest BCUT2D eigenvalue weighted by Gasteiger charge is 2.32. The number of hydrogen-bond donors (Lipinski definition) is 2. The molecule has 1 fully saturated rings. The third kappa shape index (κ3) is 9.56. The van der Waals surface area contributed by atoms with Gasteiger partial charge in [-0.2, -0.15) is 5.06 Å². The van der Waals surface area contributed by atoms with E-state index in [0.29, 0.717) is 19.6 Å². The number of primary amides is 1. The minimum atomic E-state index is 0.0180. The highest BCUT2D eigenvalue weighted by atomic mass is 16.7. The first kappa shape index (κ1) is 34.1. The molecule has 4 heterocycles. The first-order chi connectivity index (χ1) is 20.6. The molecule has 11 nitrogen and oxygen atoms in total. The molecular weight excluding hydrogens is 548 g/mol. The number of rotatable bonds is 8. The van der Waals surface area contributed by atoms with E-state index in [0.717, 1.165) is 24.1 Å². The summed E-state index contributed by atoms with van der Waals surface area (Å²) in [6.45, 7) is 8.37. The van der Waals surface area contributed by atoms with Gasteiger partial charge in [0.25, 0.3) is 0 Å². The van der Waals surface area contributed by atoms with Crippen LogP contribution in [0.25, 0.3) is 0 Å². The van der Waals surface area contributed by atoms with Crippen LogP contribution in [-0.2, 0) is 32.3 Å². The van der Waals surface area contributed by atoms with Crippen LogP contribution in [0.2, 0.25) is 0 Å². The largest absolute Gasteiger partial charge is 0.508 e. The van der Waals surface area contributed by atoms with Crippen molar-refractivity contribution in [2.24, 2.45) is 5.73 Å². The molecule has 11 heteroatoms. The third-order valence-electron chi connectivity index (χ3n) is 8.23. The van der Waals surface area contributed by atoms with Crippen LogP contribution in [0.15, 0.2) is 54.0 Å². The van der Waals surface area contributed by atoms with Crippen molar-refractivity contribution in [2.75, 3.05) is 47.9 Å². The van der Waals surface area contributed by atoms with Crippen LogP contribution in [0.3, 0.4) is 0 Å². The lowest BCUT2D eigenvalue weighted by atomic mass is 10.0. The molecule has 0 radical (unpaired) electrons. The van der Waals surface area contributed by atoms with Gasteiger partial charge in [0.15, 0.2) is 0 Å². The fourth-order valence-electron chi connectivity index (χ4n) is 5.75. The normalized spacial score (nSPS) is 22.5. The number of methoxy groups -OCH3 is 1. The number of nitrogens with zero attached hydrogens (tertiary/aromatic N) is 5. The van der Waals surface area contributed by atoms with E-state index in [-0.39, 0.29) is 36.4 Å². The number of hydrogen-bond acceptors (Lipinski definition) is 10. The lowest BCUT2D eigenvalue weighted by molar-refractivity contribution is -0.210. The molecule has 0 saturated carbocycles. The van der Waals surface area contributed by atoms with Crippen molar-refractivity contribution in [3.8, 4) is 5.75 Å². The van der Waals surface area contributed by atoms with E-state index in [9.17, 15) is 9.90 Å². The number of carbonyl (C=O) groups excluding carboxylic acids is 2. The zero-order valence-electron chi connectivity index (χ0n) is 26.6. The molecule has 0 spiro atoms. The second-order valence-corrected chi connectivity index (χ2v) is 11.6. The van der Waals surface area contributed by atoms with Gasteiger partial charge in [-0.05, 0) is 87.2 Å². The van der Waals surface area contributed by atoms with E-state index in [1.54, 1.807) is 26.2 Å². The van der Waals surface area contributed by atoms with Crippen molar-refractivity contribution in [1.29, 1.82) is 0 Å². The number of ether oxygens (including phenoxy) is 1. The van der Waals surface area contributed by atoms with Crippen LogP contribution in [0.4, 0.5) is 0 Å².